The topological polar surface area (TPSA) is 92.8 Å². The van der Waals surface area contributed by atoms with E-state index in [0.29, 0.717) is 16.8 Å². The van der Waals surface area contributed by atoms with Crippen LogP contribution in [0.1, 0.15) is 27.4 Å². The molecule has 4 aromatic carbocycles. The van der Waals surface area contributed by atoms with Crippen LogP contribution >= 0.6 is 0 Å². The second-order valence-corrected chi connectivity index (χ2v) is 7.38. The smallest absolute Gasteiger partial charge is 0.271 e. The number of phenolic OH excluding ortho intramolecular Hbond substituents is 1. The number of phenols is 1. The van der Waals surface area contributed by atoms with Gasteiger partial charge in [-0.15, -0.1) is 0 Å². The van der Waals surface area contributed by atoms with Crippen molar-refractivity contribution in [3.8, 4) is 5.75 Å². The molecule has 0 unspecified atom stereocenters. The fraction of sp³-hybridized carbons (Fsp3) is 0.0400. The molecule has 1 aliphatic rings. The second kappa shape index (κ2) is 7.18. The number of carbonyl (C=O) groups is 1. The molecule has 0 radical (unpaired) electrons. The van der Waals surface area contributed by atoms with Gasteiger partial charge < -0.3 is 5.11 Å². The Balaban J connectivity index is 1.72. The first kappa shape index (κ1) is 18.7. The number of carbonyl (C=O) groups excluding carboxylic acids is 1. The molecule has 0 amide bonds. The number of nitro groups is 1. The number of aliphatic imine (C=N–C) groups is 1. The lowest BCUT2D eigenvalue weighted by Gasteiger charge is -2.13. The maximum atomic E-state index is 13.3. The Hall–Kier alpha value is -4.32. The molecule has 1 N–H and O–H groups in total. The number of nitro benzene ring substituents is 1. The van der Waals surface area contributed by atoms with Gasteiger partial charge in [0.25, 0.3) is 5.69 Å². The monoisotopic (exact) mass is 408 g/mol. The van der Waals surface area contributed by atoms with E-state index in [4.69, 9.17) is 0 Å². The van der Waals surface area contributed by atoms with Gasteiger partial charge in [0.2, 0.25) is 0 Å². The largest absolute Gasteiger partial charge is 0.506 e. The molecule has 6 nitrogen and oxygen atoms in total. The Morgan fingerprint density at radius 1 is 0.839 bits per heavy atom. The normalized spacial score (nSPS) is 16.6. The van der Waals surface area contributed by atoms with Gasteiger partial charge in [-0.2, -0.15) is 0 Å². The molecule has 0 heterocycles. The van der Waals surface area contributed by atoms with Crippen LogP contribution in [0.4, 0.5) is 11.4 Å². The van der Waals surface area contributed by atoms with Gasteiger partial charge in [0.15, 0.2) is 5.78 Å². The summed E-state index contributed by atoms with van der Waals surface area (Å²) >= 11 is 0. The van der Waals surface area contributed by atoms with Gasteiger partial charge in [0.1, 0.15) is 11.4 Å². The number of benzene rings is 4. The quantitative estimate of drug-likeness (QED) is 0.355. The molecule has 1 aliphatic carbocycles. The van der Waals surface area contributed by atoms with E-state index in [2.05, 4.69) is 4.99 Å². The van der Waals surface area contributed by atoms with Crippen LogP contribution in [0, 0.1) is 10.1 Å². The zero-order valence-corrected chi connectivity index (χ0v) is 16.2. The fourth-order valence-corrected chi connectivity index (χ4v) is 4.02. The van der Waals surface area contributed by atoms with Crippen molar-refractivity contribution in [2.45, 2.75) is 5.92 Å². The lowest BCUT2D eigenvalue weighted by Crippen LogP contribution is -2.13. The molecule has 0 bridgehead atoms. The third-order valence-corrected chi connectivity index (χ3v) is 5.52. The van der Waals surface area contributed by atoms with Crippen LogP contribution in [0.3, 0.4) is 0 Å². The van der Waals surface area contributed by atoms with Gasteiger partial charge in [0, 0.05) is 23.3 Å². The Morgan fingerprint density at radius 2 is 1.55 bits per heavy atom. The minimum atomic E-state index is -0.666. The van der Waals surface area contributed by atoms with E-state index in [9.17, 15) is 20.0 Å². The third-order valence-electron chi connectivity index (χ3n) is 5.52. The van der Waals surface area contributed by atoms with Crippen molar-refractivity contribution in [2.24, 2.45) is 4.99 Å². The number of aromatic hydroxyl groups is 1. The predicted molar refractivity (Wildman–Crippen MR) is 118 cm³/mol. The lowest BCUT2D eigenvalue weighted by atomic mass is 9.91. The zero-order chi connectivity index (χ0) is 21.5. The van der Waals surface area contributed by atoms with Crippen LogP contribution in [0.15, 0.2) is 89.9 Å². The average molecular weight is 408 g/mol. The second-order valence-electron chi connectivity index (χ2n) is 7.38. The summed E-state index contributed by atoms with van der Waals surface area (Å²) in [5.74, 6) is -0.942. The highest BCUT2D eigenvalue weighted by molar-refractivity contribution is 6.32. The number of rotatable bonds is 3. The van der Waals surface area contributed by atoms with E-state index in [-0.39, 0.29) is 22.9 Å². The number of hydrogen-bond donors (Lipinski definition) is 1. The Morgan fingerprint density at radius 3 is 2.32 bits per heavy atom. The highest BCUT2D eigenvalue weighted by atomic mass is 16.6. The molecular weight excluding hydrogens is 392 g/mol. The molecular formula is C25H16N2O4. The SMILES string of the molecule is O=C1c2ccccc2C(=Nc2cc([N+](=O)[O-])ccc2O)[C@H]1c1ccc2ccccc2c1. The van der Waals surface area contributed by atoms with Crippen LogP contribution in [-0.4, -0.2) is 21.5 Å². The summed E-state index contributed by atoms with van der Waals surface area (Å²) in [6.45, 7) is 0. The standard InChI is InChI=1S/C25H16N2O4/c28-22-12-11-18(27(30)31)14-21(22)26-24-19-7-3-4-8-20(19)25(29)23(24)17-10-9-15-5-1-2-6-16(15)13-17/h1-14,23,28H/t23-/m1/s1. The fourth-order valence-electron chi connectivity index (χ4n) is 4.02. The highest BCUT2D eigenvalue weighted by Gasteiger charge is 2.37. The predicted octanol–water partition coefficient (Wildman–Crippen LogP) is 5.55. The van der Waals surface area contributed by atoms with Gasteiger partial charge in [-0.05, 0) is 22.4 Å². The maximum Gasteiger partial charge on any atom is 0.271 e. The van der Waals surface area contributed by atoms with Gasteiger partial charge in [-0.1, -0.05) is 66.7 Å². The van der Waals surface area contributed by atoms with Gasteiger partial charge in [-0.25, -0.2) is 4.99 Å². The first-order valence-corrected chi connectivity index (χ1v) is 9.71. The molecule has 150 valence electrons. The zero-order valence-electron chi connectivity index (χ0n) is 16.2. The summed E-state index contributed by atoms with van der Waals surface area (Å²) in [4.78, 5) is 28.6. The van der Waals surface area contributed by atoms with Crippen molar-refractivity contribution in [1.82, 2.24) is 0 Å². The molecule has 0 spiro atoms. The summed E-state index contributed by atoms with van der Waals surface area (Å²) in [5, 5.41) is 23.5. The number of ketones is 1. The number of hydrogen-bond acceptors (Lipinski definition) is 5. The third kappa shape index (κ3) is 3.14. The highest BCUT2D eigenvalue weighted by Crippen LogP contribution is 2.39. The summed E-state index contributed by atoms with van der Waals surface area (Å²) in [5.41, 5.74) is 2.33. The van der Waals surface area contributed by atoms with Crippen molar-refractivity contribution in [3.05, 3.63) is 112 Å². The van der Waals surface area contributed by atoms with Crippen LogP contribution in [-0.2, 0) is 0 Å². The maximum absolute atomic E-state index is 13.3. The van der Waals surface area contributed by atoms with Crippen molar-refractivity contribution >= 4 is 33.6 Å². The van der Waals surface area contributed by atoms with E-state index in [1.54, 1.807) is 12.1 Å². The average Bonchev–Trinajstić information content (AvgIpc) is 3.06. The van der Waals surface area contributed by atoms with Gasteiger partial charge >= 0.3 is 0 Å². The van der Waals surface area contributed by atoms with Crippen molar-refractivity contribution in [1.29, 1.82) is 0 Å². The molecule has 6 heteroatoms. The van der Waals surface area contributed by atoms with Crippen LogP contribution < -0.4 is 0 Å². The summed E-state index contributed by atoms with van der Waals surface area (Å²) in [7, 11) is 0. The van der Waals surface area contributed by atoms with Crippen LogP contribution in [0.5, 0.6) is 5.75 Å². The molecule has 0 aromatic heterocycles. The number of nitrogens with zero attached hydrogens (tertiary/aromatic N) is 2. The molecule has 0 saturated carbocycles. The van der Waals surface area contributed by atoms with E-state index < -0.39 is 10.8 Å². The van der Waals surface area contributed by atoms with E-state index in [1.807, 2.05) is 54.6 Å². The summed E-state index contributed by atoms with van der Waals surface area (Å²) < 4.78 is 0. The van der Waals surface area contributed by atoms with E-state index in [0.717, 1.165) is 16.3 Å². The summed E-state index contributed by atoms with van der Waals surface area (Å²) in [6.07, 6.45) is 0. The number of fused-ring (bicyclic) bond motifs is 2. The molecule has 0 fully saturated rings. The number of non-ortho nitro benzene ring substituents is 1. The Bertz CT molecular complexity index is 1410. The summed E-state index contributed by atoms with van der Waals surface area (Å²) in [6, 6.07) is 24.5. The molecule has 4 aromatic rings. The van der Waals surface area contributed by atoms with E-state index in [1.165, 1.54) is 18.2 Å². The minimum absolute atomic E-state index is 0.0551. The molecule has 0 saturated heterocycles. The van der Waals surface area contributed by atoms with Crippen LogP contribution in [0.25, 0.3) is 10.8 Å². The van der Waals surface area contributed by atoms with Crippen molar-refractivity contribution < 1.29 is 14.8 Å². The van der Waals surface area contributed by atoms with Crippen LogP contribution in [0.2, 0.25) is 0 Å². The lowest BCUT2D eigenvalue weighted by molar-refractivity contribution is -0.384. The molecule has 0 aliphatic heterocycles. The first-order chi connectivity index (χ1) is 15.0. The van der Waals surface area contributed by atoms with Crippen molar-refractivity contribution in [2.75, 3.05) is 0 Å². The molecule has 1 atom stereocenters. The minimum Gasteiger partial charge on any atom is -0.506 e. The molecule has 31 heavy (non-hydrogen) atoms. The van der Waals surface area contributed by atoms with Gasteiger partial charge in [0.05, 0.1) is 16.6 Å². The van der Waals surface area contributed by atoms with E-state index >= 15 is 0 Å². The number of Topliss-reactive ketones (excluding diaryl/α,β-unsaturated/α-hetero) is 1. The Kier molecular flexibility index (Phi) is 4.33. The van der Waals surface area contributed by atoms with Crippen molar-refractivity contribution in [3.63, 3.8) is 0 Å². The van der Waals surface area contributed by atoms with Gasteiger partial charge in [-0.3, -0.25) is 14.9 Å². The Labute approximate surface area is 177 Å². The molecule has 5 rings (SSSR count). The first-order valence-electron chi connectivity index (χ1n) is 9.71.